The summed E-state index contributed by atoms with van der Waals surface area (Å²) in [5.74, 6) is -1.37. The Balaban J connectivity index is 1.88. The minimum absolute atomic E-state index is 0.0445. The van der Waals surface area contributed by atoms with Gasteiger partial charge in [0.1, 0.15) is 12.4 Å². The molecule has 9 nitrogen and oxygen atoms in total. The van der Waals surface area contributed by atoms with Crippen LogP contribution in [0.2, 0.25) is 0 Å². The molecule has 0 radical (unpaired) electrons. The van der Waals surface area contributed by atoms with Crippen molar-refractivity contribution in [1.82, 2.24) is 14.5 Å². The highest BCUT2D eigenvalue weighted by molar-refractivity contribution is 7.91. The summed E-state index contributed by atoms with van der Waals surface area (Å²) in [6.45, 7) is 5.28. The van der Waals surface area contributed by atoms with Crippen LogP contribution in [0.15, 0.2) is 75.4 Å². The summed E-state index contributed by atoms with van der Waals surface area (Å²) in [5.41, 5.74) is 1.27. The van der Waals surface area contributed by atoms with Crippen LogP contribution in [0.1, 0.15) is 48.8 Å². The molecule has 1 atom stereocenters. The van der Waals surface area contributed by atoms with Gasteiger partial charge in [0.25, 0.3) is 5.56 Å². The van der Waals surface area contributed by atoms with Crippen LogP contribution >= 0.6 is 0 Å². The molecule has 2 heterocycles. The second-order valence-corrected chi connectivity index (χ2v) is 10.8. The van der Waals surface area contributed by atoms with Gasteiger partial charge in [0.05, 0.1) is 22.6 Å². The average Bonchev–Trinajstić information content (AvgIpc) is 2.95. The minimum Gasteiger partial charge on any atom is -0.493 e. The molecule has 1 unspecified atom stereocenters. The van der Waals surface area contributed by atoms with Crippen molar-refractivity contribution in [2.24, 2.45) is 0 Å². The first kappa shape index (κ1) is 28.6. The number of benzene rings is 2. The van der Waals surface area contributed by atoms with Crippen molar-refractivity contribution < 1.29 is 22.7 Å². The first-order chi connectivity index (χ1) is 19.1. The summed E-state index contributed by atoms with van der Waals surface area (Å²) in [6.07, 6.45) is 1.69. The fourth-order valence-corrected chi connectivity index (χ4v) is 5.89. The molecule has 0 bridgehead atoms. The van der Waals surface area contributed by atoms with Gasteiger partial charge in [-0.05, 0) is 67.3 Å². The van der Waals surface area contributed by atoms with Gasteiger partial charge in [-0.3, -0.25) is 9.36 Å². The lowest BCUT2D eigenvalue weighted by atomic mass is 10.0. The molecule has 0 saturated carbocycles. The van der Waals surface area contributed by atoms with Crippen LogP contribution in [-0.4, -0.2) is 34.7 Å². The highest BCUT2D eigenvalue weighted by atomic mass is 32.2. The van der Waals surface area contributed by atoms with Crippen molar-refractivity contribution >= 4 is 9.84 Å². The van der Waals surface area contributed by atoms with Gasteiger partial charge < -0.3 is 9.84 Å². The standard InChI is InChI=1S/C29H27FN4O5S/c1-4-24(21-8-6-7-19(15-21)16-31)34-25(17-39-5-2)33-28(35)26(29(34)36)40(37,38)22-11-9-20(10-12-22)23-13-14-32-27(30)18(23)3/h6-15,24,36H,4-5,17H2,1-3H3. The summed E-state index contributed by atoms with van der Waals surface area (Å²) in [5, 5.41) is 20.8. The summed E-state index contributed by atoms with van der Waals surface area (Å²) >= 11 is 0. The van der Waals surface area contributed by atoms with Gasteiger partial charge in [0, 0.05) is 18.4 Å². The fourth-order valence-electron chi connectivity index (χ4n) is 4.54. The van der Waals surface area contributed by atoms with E-state index in [0.29, 0.717) is 40.8 Å². The van der Waals surface area contributed by atoms with E-state index in [1.165, 1.54) is 35.0 Å². The van der Waals surface area contributed by atoms with Gasteiger partial charge in [-0.2, -0.15) is 14.6 Å². The zero-order valence-electron chi connectivity index (χ0n) is 22.1. The molecule has 11 heteroatoms. The van der Waals surface area contributed by atoms with Crippen LogP contribution in [-0.2, 0) is 21.2 Å². The smallest absolute Gasteiger partial charge is 0.296 e. The van der Waals surface area contributed by atoms with Crippen LogP contribution in [0.25, 0.3) is 11.1 Å². The molecule has 0 spiro atoms. The molecule has 4 rings (SSSR count). The molecule has 40 heavy (non-hydrogen) atoms. The largest absolute Gasteiger partial charge is 0.493 e. The van der Waals surface area contributed by atoms with Crippen molar-refractivity contribution in [2.45, 2.75) is 49.6 Å². The van der Waals surface area contributed by atoms with Crippen molar-refractivity contribution in [3.8, 4) is 23.1 Å². The van der Waals surface area contributed by atoms with Gasteiger partial charge in [0.2, 0.25) is 21.7 Å². The summed E-state index contributed by atoms with van der Waals surface area (Å²) in [6, 6.07) is 15.3. The van der Waals surface area contributed by atoms with Gasteiger partial charge in [-0.1, -0.05) is 31.2 Å². The molecule has 4 aromatic rings. The quantitative estimate of drug-likeness (QED) is 0.290. The number of hydrogen-bond acceptors (Lipinski definition) is 8. The number of nitrogens with zero attached hydrogens (tertiary/aromatic N) is 4. The van der Waals surface area contributed by atoms with Crippen molar-refractivity contribution in [1.29, 1.82) is 5.26 Å². The molecule has 0 aliphatic carbocycles. The van der Waals surface area contributed by atoms with Crippen molar-refractivity contribution in [3.63, 3.8) is 0 Å². The molecule has 0 amide bonds. The Morgan fingerprint density at radius 1 is 1.15 bits per heavy atom. The third-order valence-corrected chi connectivity index (χ3v) is 8.34. The SMILES string of the molecule is CCOCc1nc(=O)c(S(=O)(=O)c2ccc(-c3ccnc(F)c3C)cc2)c(O)n1C(CC)c1cccc(C#N)c1. The summed E-state index contributed by atoms with van der Waals surface area (Å²) in [4.78, 5) is 19.6. The molecular formula is C29H27FN4O5S. The van der Waals surface area contributed by atoms with Crippen LogP contribution in [0, 0.1) is 24.2 Å². The lowest BCUT2D eigenvalue weighted by Gasteiger charge is -2.25. The average molecular weight is 563 g/mol. The Labute approximate surface area is 231 Å². The van der Waals surface area contributed by atoms with Crippen molar-refractivity contribution in [2.75, 3.05) is 6.61 Å². The zero-order valence-corrected chi connectivity index (χ0v) is 22.9. The molecule has 2 aromatic carbocycles. The van der Waals surface area contributed by atoms with E-state index in [-0.39, 0.29) is 17.3 Å². The van der Waals surface area contributed by atoms with E-state index in [9.17, 15) is 28.0 Å². The number of aromatic hydroxyl groups is 1. The maximum absolute atomic E-state index is 13.9. The Kier molecular flexibility index (Phi) is 8.42. The second kappa shape index (κ2) is 11.8. The molecule has 0 aliphatic rings. The maximum atomic E-state index is 13.9. The van der Waals surface area contributed by atoms with E-state index in [0.717, 1.165) is 0 Å². The number of sulfone groups is 1. The number of nitriles is 1. The highest BCUT2D eigenvalue weighted by Gasteiger charge is 2.32. The fraction of sp³-hybridized carbons (Fsp3) is 0.241. The van der Waals surface area contributed by atoms with E-state index in [2.05, 4.69) is 16.0 Å². The number of ether oxygens (including phenoxy) is 1. The number of aromatic nitrogens is 3. The summed E-state index contributed by atoms with van der Waals surface area (Å²) < 4.78 is 48.1. The second-order valence-electron chi connectivity index (χ2n) is 8.96. The number of pyridine rings is 1. The van der Waals surface area contributed by atoms with Crippen LogP contribution in [0.5, 0.6) is 5.88 Å². The van der Waals surface area contributed by atoms with Crippen LogP contribution in [0.3, 0.4) is 0 Å². The number of halogens is 1. The van der Waals surface area contributed by atoms with Gasteiger partial charge >= 0.3 is 0 Å². The molecule has 1 N–H and O–H groups in total. The third-order valence-electron chi connectivity index (χ3n) is 6.56. The normalized spacial score (nSPS) is 12.2. The summed E-state index contributed by atoms with van der Waals surface area (Å²) in [7, 11) is -4.54. The Morgan fingerprint density at radius 2 is 1.88 bits per heavy atom. The molecule has 0 aliphatic heterocycles. The molecule has 2 aromatic heterocycles. The topological polar surface area (TPSA) is 135 Å². The zero-order chi connectivity index (χ0) is 29.0. The first-order valence-electron chi connectivity index (χ1n) is 12.5. The molecule has 0 saturated heterocycles. The van der Waals surface area contributed by atoms with E-state index in [4.69, 9.17) is 4.74 Å². The van der Waals surface area contributed by atoms with E-state index >= 15 is 0 Å². The molecule has 0 fully saturated rings. The van der Waals surface area contributed by atoms with E-state index in [1.807, 2.05) is 6.92 Å². The Hall–Kier alpha value is -4.40. The highest BCUT2D eigenvalue weighted by Crippen LogP contribution is 2.34. The molecular weight excluding hydrogens is 535 g/mol. The Morgan fingerprint density at radius 3 is 2.52 bits per heavy atom. The lowest BCUT2D eigenvalue weighted by molar-refractivity contribution is 0.121. The number of hydrogen-bond donors (Lipinski definition) is 1. The van der Waals surface area contributed by atoms with E-state index in [1.54, 1.807) is 44.2 Å². The van der Waals surface area contributed by atoms with Crippen molar-refractivity contribution in [3.05, 3.63) is 99.6 Å². The first-order valence-corrected chi connectivity index (χ1v) is 14.0. The van der Waals surface area contributed by atoms with E-state index < -0.39 is 38.2 Å². The van der Waals surface area contributed by atoms with Gasteiger partial charge in [0.15, 0.2) is 4.90 Å². The maximum Gasteiger partial charge on any atom is 0.296 e. The third kappa shape index (κ3) is 5.36. The minimum atomic E-state index is -4.54. The van der Waals surface area contributed by atoms with Gasteiger partial charge in [-0.15, -0.1) is 0 Å². The van der Waals surface area contributed by atoms with Crippen LogP contribution < -0.4 is 5.56 Å². The Bertz CT molecular complexity index is 1760. The van der Waals surface area contributed by atoms with Gasteiger partial charge in [-0.25, -0.2) is 13.4 Å². The monoisotopic (exact) mass is 562 g/mol. The van der Waals surface area contributed by atoms with Crippen LogP contribution in [0.4, 0.5) is 4.39 Å². The predicted molar refractivity (Wildman–Crippen MR) is 145 cm³/mol. The predicted octanol–water partition coefficient (Wildman–Crippen LogP) is 4.70. The lowest BCUT2D eigenvalue weighted by Crippen LogP contribution is -2.28. The molecule has 206 valence electrons. The number of rotatable bonds is 9.